The summed E-state index contributed by atoms with van der Waals surface area (Å²) in [5.41, 5.74) is 6.52. The van der Waals surface area contributed by atoms with E-state index < -0.39 is 0 Å². The molecule has 1 saturated heterocycles. The van der Waals surface area contributed by atoms with Crippen LogP contribution in [-0.2, 0) is 33.7 Å². The molecule has 1 atom stereocenters. The van der Waals surface area contributed by atoms with Gasteiger partial charge in [-0.05, 0) is 83.9 Å². The lowest BCUT2D eigenvalue weighted by Gasteiger charge is -2.32. The fraction of sp³-hybridized carbons (Fsp3) is 0.630. The number of aromatic amines is 1. The molecule has 2 aromatic rings. The third-order valence-electron chi connectivity index (χ3n) is 7.31. The van der Waals surface area contributed by atoms with Crippen LogP contribution in [0, 0.1) is 33.6 Å². The van der Waals surface area contributed by atoms with Gasteiger partial charge in [0.05, 0.1) is 18.2 Å². The number of carbonyl (C=O) groups is 3. The average molecular weight is 500 g/mol. The summed E-state index contributed by atoms with van der Waals surface area (Å²) in [5, 5.41) is 7.63. The van der Waals surface area contributed by atoms with Crippen molar-refractivity contribution in [2.24, 2.45) is 5.92 Å². The van der Waals surface area contributed by atoms with Gasteiger partial charge >= 0.3 is 5.97 Å². The minimum absolute atomic E-state index is 0.0158. The van der Waals surface area contributed by atoms with Crippen LogP contribution in [0.3, 0.4) is 0 Å². The van der Waals surface area contributed by atoms with Crippen LogP contribution in [0.4, 0.5) is 0 Å². The number of hydrogen-bond donors (Lipinski definition) is 2. The Hall–Kier alpha value is -3.10. The number of likely N-dealkylation sites (tertiary alicyclic amines) is 1. The standard InChI is InChI=1S/C27H41N5O4/c1-7-32-20(6)23(19(5)30-32)13-14-28-26(34)21-10-9-15-31(16-21)24(33)12-11-22-17(3)25(29-18(22)4)27(35)36-8-2/h21,29H,7-16H2,1-6H3,(H,28,34). The molecule has 0 bridgehead atoms. The second-order valence-electron chi connectivity index (χ2n) is 9.63. The highest BCUT2D eigenvalue weighted by atomic mass is 16.5. The summed E-state index contributed by atoms with van der Waals surface area (Å²) >= 11 is 0. The van der Waals surface area contributed by atoms with Crippen LogP contribution >= 0.6 is 0 Å². The Labute approximate surface area is 214 Å². The molecule has 3 heterocycles. The minimum Gasteiger partial charge on any atom is -0.461 e. The van der Waals surface area contributed by atoms with E-state index in [-0.39, 0.29) is 23.7 Å². The first-order valence-electron chi connectivity index (χ1n) is 13.1. The fourth-order valence-electron chi connectivity index (χ4n) is 5.24. The predicted molar refractivity (Wildman–Crippen MR) is 138 cm³/mol. The number of carbonyl (C=O) groups excluding carboxylic acids is 3. The second-order valence-corrected chi connectivity index (χ2v) is 9.63. The third-order valence-corrected chi connectivity index (χ3v) is 7.31. The number of aryl methyl sites for hydroxylation is 3. The first-order valence-corrected chi connectivity index (χ1v) is 13.1. The van der Waals surface area contributed by atoms with Gasteiger partial charge in [-0.3, -0.25) is 14.3 Å². The number of esters is 1. The molecule has 0 spiro atoms. The van der Waals surface area contributed by atoms with Crippen molar-refractivity contribution in [2.45, 2.75) is 80.2 Å². The molecule has 9 heteroatoms. The van der Waals surface area contributed by atoms with Crippen LogP contribution < -0.4 is 5.32 Å². The summed E-state index contributed by atoms with van der Waals surface area (Å²) in [6, 6.07) is 0. The summed E-state index contributed by atoms with van der Waals surface area (Å²) in [5.74, 6) is -0.495. The molecular formula is C27H41N5O4. The summed E-state index contributed by atoms with van der Waals surface area (Å²) in [6.07, 6.45) is 3.25. The number of aromatic nitrogens is 3. The lowest BCUT2D eigenvalue weighted by molar-refractivity contribution is -0.135. The first kappa shape index (κ1) is 27.5. The zero-order valence-corrected chi connectivity index (χ0v) is 22.6. The Morgan fingerprint density at radius 3 is 2.53 bits per heavy atom. The van der Waals surface area contributed by atoms with Gasteiger partial charge in [0.1, 0.15) is 5.69 Å². The Morgan fingerprint density at radius 2 is 1.86 bits per heavy atom. The van der Waals surface area contributed by atoms with Crippen LogP contribution in [0.2, 0.25) is 0 Å². The number of hydrogen-bond acceptors (Lipinski definition) is 5. The van der Waals surface area contributed by atoms with Gasteiger partial charge in [0.2, 0.25) is 11.8 Å². The molecule has 0 aliphatic carbocycles. The molecule has 0 saturated carbocycles. The fourth-order valence-corrected chi connectivity index (χ4v) is 5.24. The summed E-state index contributed by atoms with van der Waals surface area (Å²) < 4.78 is 7.11. The molecular weight excluding hydrogens is 458 g/mol. The molecule has 198 valence electrons. The molecule has 2 N–H and O–H groups in total. The maximum absolute atomic E-state index is 13.0. The number of ether oxygens (including phenoxy) is 1. The molecule has 1 unspecified atom stereocenters. The van der Waals surface area contributed by atoms with Gasteiger partial charge in [-0.15, -0.1) is 0 Å². The van der Waals surface area contributed by atoms with E-state index in [1.54, 1.807) is 6.92 Å². The molecule has 0 aromatic carbocycles. The van der Waals surface area contributed by atoms with Crippen LogP contribution in [-0.4, -0.2) is 63.7 Å². The summed E-state index contributed by atoms with van der Waals surface area (Å²) in [6.45, 7) is 14.6. The Balaban J connectivity index is 1.51. The Bertz CT molecular complexity index is 1100. The monoisotopic (exact) mass is 499 g/mol. The Morgan fingerprint density at radius 1 is 1.11 bits per heavy atom. The van der Waals surface area contributed by atoms with E-state index in [4.69, 9.17) is 4.74 Å². The van der Waals surface area contributed by atoms with Crippen molar-refractivity contribution in [1.82, 2.24) is 25.0 Å². The van der Waals surface area contributed by atoms with Crippen molar-refractivity contribution < 1.29 is 19.1 Å². The van der Waals surface area contributed by atoms with Crippen LogP contribution in [0.15, 0.2) is 0 Å². The molecule has 9 nitrogen and oxygen atoms in total. The number of piperidine rings is 1. The maximum Gasteiger partial charge on any atom is 0.355 e. The Kier molecular flexibility index (Phi) is 9.34. The van der Waals surface area contributed by atoms with Crippen molar-refractivity contribution >= 4 is 17.8 Å². The predicted octanol–water partition coefficient (Wildman–Crippen LogP) is 3.17. The zero-order chi connectivity index (χ0) is 26.4. The largest absolute Gasteiger partial charge is 0.461 e. The third kappa shape index (κ3) is 6.17. The number of rotatable bonds is 10. The number of nitrogens with one attached hydrogen (secondary N) is 2. The highest BCUT2D eigenvalue weighted by molar-refractivity contribution is 5.90. The van der Waals surface area contributed by atoms with Crippen LogP contribution in [0.25, 0.3) is 0 Å². The highest BCUT2D eigenvalue weighted by Crippen LogP contribution is 2.22. The number of amides is 2. The summed E-state index contributed by atoms with van der Waals surface area (Å²) in [7, 11) is 0. The SMILES string of the molecule is CCOC(=O)c1[nH]c(C)c(CCC(=O)N2CCCC(C(=O)NCCc3c(C)nn(CC)c3C)C2)c1C. The van der Waals surface area contributed by atoms with E-state index in [2.05, 4.69) is 29.2 Å². The molecule has 0 radical (unpaired) electrons. The van der Waals surface area contributed by atoms with Crippen molar-refractivity contribution in [2.75, 3.05) is 26.2 Å². The average Bonchev–Trinajstić information content (AvgIpc) is 3.31. The summed E-state index contributed by atoms with van der Waals surface area (Å²) in [4.78, 5) is 42.9. The van der Waals surface area contributed by atoms with E-state index in [0.29, 0.717) is 44.8 Å². The highest BCUT2D eigenvalue weighted by Gasteiger charge is 2.28. The molecule has 1 aliphatic rings. The van der Waals surface area contributed by atoms with E-state index in [1.807, 2.05) is 30.4 Å². The van der Waals surface area contributed by atoms with Gasteiger partial charge < -0.3 is 19.9 Å². The van der Waals surface area contributed by atoms with Gasteiger partial charge in [0.15, 0.2) is 0 Å². The topological polar surface area (TPSA) is 109 Å². The van der Waals surface area contributed by atoms with Crippen molar-refractivity contribution in [3.05, 3.63) is 39.5 Å². The molecule has 36 heavy (non-hydrogen) atoms. The minimum atomic E-state index is -0.370. The normalized spacial score (nSPS) is 15.7. The number of H-pyrrole nitrogens is 1. The maximum atomic E-state index is 13.0. The van der Waals surface area contributed by atoms with Crippen molar-refractivity contribution in [1.29, 1.82) is 0 Å². The quantitative estimate of drug-likeness (QED) is 0.488. The lowest BCUT2D eigenvalue weighted by atomic mass is 9.96. The van der Waals surface area contributed by atoms with Gasteiger partial charge in [0.25, 0.3) is 0 Å². The molecule has 2 aromatic heterocycles. The molecule has 1 aliphatic heterocycles. The zero-order valence-electron chi connectivity index (χ0n) is 22.6. The van der Waals surface area contributed by atoms with E-state index in [9.17, 15) is 14.4 Å². The van der Waals surface area contributed by atoms with Gasteiger partial charge in [-0.1, -0.05) is 0 Å². The van der Waals surface area contributed by atoms with Crippen LogP contribution in [0.5, 0.6) is 0 Å². The number of nitrogens with zero attached hydrogens (tertiary/aromatic N) is 3. The molecule has 2 amide bonds. The van der Waals surface area contributed by atoms with Gasteiger partial charge in [-0.2, -0.15) is 5.10 Å². The van der Waals surface area contributed by atoms with Crippen LogP contribution in [0.1, 0.15) is 77.4 Å². The van der Waals surface area contributed by atoms with E-state index >= 15 is 0 Å². The lowest BCUT2D eigenvalue weighted by Crippen LogP contribution is -2.45. The first-order chi connectivity index (χ1) is 17.2. The van der Waals surface area contributed by atoms with Gasteiger partial charge in [0, 0.05) is 44.0 Å². The van der Waals surface area contributed by atoms with Crippen molar-refractivity contribution in [3.63, 3.8) is 0 Å². The van der Waals surface area contributed by atoms with E-state index in [1.165, 1.54) is 5.56 Å². The van der Waals surface area contributed by atoms with Crippen molar-refractivity contribution in [3.8, 4) is 0 Å². The van der Waals surface area contributed by atoms with Gasteiger partial charge in [-0.25, -0.2) is 4.79 Å². The second kappa shape index (κ2) is 12.2. The van der Waals surface area contributed by atoms with E-state index in [0.717, 1.165) is 54.0 Å². The molecule has 1 fully saturated rings. The smallest absolute Gasteiger partial charge is 0.355 e. The molecule has 3 rings (SSSR count).